The molecule has 1 saturated heterocycles. The number of piperidine rings is 1. The van der Waals surface area contributed by atoms with Gasteiger partial charge in [0.2, 0.25) is 0 Å². The van der Waals surface area contributed by atoms with E-state index >= 15 is 0 Å². The first kappa shape index (κ1) is 13.3. The molecule has 100 valence electrons. The molecule has 0 amide bonds. The van der Waals surface area contributed by atoms with Gasteiger partial charge >= 0.3 is 0 Å². The summed E-state index contributed by atoms with van der Waals surface area (Å²) >= 11 is 0. The molecule has 3 unspecified atom stereocenters. The van der Waals surface area contributed by atoms with Gasteiger partial charge in [-0.1, -0.05) is 13.8 Å². The maximum atomic E-state index is 4.41. The van der Waals surface area contributed by atoms with E-state index in [1.165, 1.54) is 12.1 Å². The number of nitrogens with one attached hydrogen (secondary N) is 1. The van der Waals surface area contributed by atoms with Crippen LogP contribution in [-0.2, 0) is 0 Å². The largest absolute Gasteiger partial charge is 0.367 e. The smallest absolute Gasteiger partial charge is 0.0555 e. The number of nitrogens with zero attached hydrogens (tertiary/aromatic N) is 2. The number of aromatic nitrogens is 1. The van der Waals surface area contributed by atoms with E-state index in [2.05, 4.69) is 48.1 Å². The van der Waals surface area contributed by atoms with E-state index in [0.717, 1.165) is 18.8 Å². The predicted octanol–water partition coefficient (Wildman–Crippen LogP) is 2.60. The minimum absolute atomic E-state index is 0.562. The summed E-state index contributed by atoms with van der Waals surface area (Å²) in [5.74, 6) is 0.667. The van der Waals surface area contributed by atoms with E-state index in [4.69, 9.17) is 0 Å². The van der Waals surface area contributed by atoms with Crippen LogP contribution in [0.25, 0.3) is 0 Å². The molecular weight excluding hydrogens is 222 g/mol. The molecule has 1 N–H and O–H groups in total. The predicted molar refractivity (Wildman–Crippen MR) is 77.0 cm³/mol. The molecule has 0 bridgehead atoms. The van der Waals surface area contributed by atoms with Gasteiger partial charge in [0.25, 0.3) is 0 Å². The summed E-state index contributed by atoms with van der Waals surface area (Å²) in [6.45, 7) is 11.1. The van der Waals surface area contributed by atoms with Crippen molar-refractivity contribution in [1.82, 2.24) is 10.3 Å². The number of anilines is 1. The Hall–Kier alpha value is -1.09. The third kappa shape index (κ3) is 2.66. The molecule has 2 heterocycles. The molecule has 0 aliphatic carbocycles. The molecular formula is C15H25N3. The minimum atomic E-state index is 0.562. The number of pyridine rings is 1. The Bertz CT molecular complexity index is 374. The van der Waals surface area contributed by atoms with Crippen molar-refractivity contribution in [1.29, 1.82) is 0 Å². The van der Waals surface area contributed by atoms with Crippen LogP contribution in [0.2, 0.25) is 0 Å². The van der Waals surface area contributed by atoms with Crippen LogP contribution in [0.4, 0.5) is 5.69 Å². The highest BCUT2D eigenvalue weighted by Gasteiger charge is 2.31. The molecule has 3 heteroatoms. The first-order valence-electron chi connectivity index (χ1n) is 7.06. The summed E-state index contributed by atoms with van der Waals surface area (Å²) < 4.78 is 0. The van der Waals surface area contributed by atoms with Gasteiger partial charge in [0.1, 0.15) is 0 Å². The topological polar surface area (TPSA) is 28.2 Å². The highest BCUT2D eigenvalue weighted by Crippen LogP contribution is 2.28. The summed E-state index contributed by atoms with van der Waals surface area (Å²) in [5, 5.41) is 3.60. The van der Waals surface area contributed by atoms with Gasteiger partial charge in [-0.05, 0) is 44.9 Å². The van der Waals surface area contributed by atoms with Gasteiger partial charge in [0, 0.05) is 24.3 Å². The van der Waals surface area contributed by atoms with Crippen LogP contribution < -0.4 is 10.2 Å². The Morgan fingerprint density at radius 3 is 2.78 bits per heavy atom. The molecule has 0 radical (unpaired) electrons. The molecule has 2 rings (SSSR count). The quantitative estimate of drug-likeness (QED) is 0.890. The van der Waals surface area contributed by atoms with Crippen molar-refractivity contribution in [3.8, 4) is 0 Å². The van der Waals surface area contributed by atoms with Crippen LogP contribution in [0.3, 0.4) is 0 Å². The molecule has 0 saturated carbocycles. The average molecular weight is 247 g/mol. The minimum Gasteiger partial charge on any atom is -0.367 e. The Labute approximate surface area is 111 Å². The van der Waals surface area contributed by atoms with Crippen LogP contribution >= 0.6 is 0 Å². The Morgan fingerprint density at radius 1 is 1.39 bits per heavy atom. The molecule has 0 spiro atoms. The lowest BCUT2D eigenvalue weighted by Gasteiger charge is -2.44. The average Bonchev–Trinajstić information content (AvgIpc) is 2.37. The van der Waals surface area contributed by atoms with Gasteiger partial charge in [-0.25, -0.2) is 0 Å². The fourth-order valence-corrected chi connectivity index (χ4v) is 2.91. The monoisotopic (exact) mass is 247 g/mol. The zero-order valence-corrected chi connectivity index (χ0v) is 12.0. The van der Waals surface area contributed by atoms with Crippen molar-refractivity contribution in [2.24, 2.45) is 5.92 Å². The van der Waals surface area contributed by atoms with E-state index in [1.54, 1.807) is 0 Å². The zero-order chi connectivity index (χ0) is 13.1. The van der Waals surface area contributed by atoms with Crippen molar-refractivity contribution in [3.63, 3.8) is 0 Å². The molecule has 3 atom stereocenters. The molecule has 1 aliphatic rings. The Balaban J connectivity index is 2.10. The lowest BCUT2D eigenvalue weighted by atomic mass is 9.86. The summed E-state index contributed by atoms with van der Waals surface area (Å²) in [4.78, 5) is 6.90. The molecule has 1 fully saturated rings. The molecule has 3 nitrogen and oxygen atoms in total. The normalized spacial score (nSPS) is 28.4. The maximum Gasteiger partial charge on any atom is 0.0555 e. The van der Waals surface area contributed by atoms with Crippen molar-refractivity contribution in [2.45, 2.75) is 46.2 Å². The van der Waals surface area contributed by atoms with Crippen molar-refractivity contribution < 1.29 is 0 Å². The summed E-state index contributed by atoms with van der Waals surface area (Å²) in [7, 11) is 0. The summed E-state index contributed by atoms with van der Waals surface area (Å²) in [6.07, 6.45) is 3.22. The van der Waals surface area contributed by atoms with Gasteiger partial charge in [-0.3, -0.25) is 4.98 Å². The zero-order valence-electron chi connectivity index (χ0n) is 12.0. The second-order valence-corrected chi connectivity index (χ2v) is 5.40. The number of aryl methyl sites for hydroxylation is 1. The lowest BCUT2D eigenvalue weighted by molar-refractivity contribution is 0.274. The first-order chi connectivity index (χ1) is 8.63. The van der Waals surface area contributed by atoms with Gasteiger partial charge in [-0.2, -0.15) is 0 Å². The van der Waals surface area contributed by atoms with E-state index in [9.17, 15) is 0 Å². The standard InChI is InChI=1S/C15H25N3/c1-5-16-15-8-9-18(13(4)12(15)3)14-7-6-11(2)17-10-14/h6-7,10,12-13,15-16H,5,8-9H2,1-4H3. The molecule has 1 aliphatic heterocycles. The van der Waals surface area contributed by atoms with E-state index in [-0.39, 0.29) is 0 Å². The van der Waals surface area contributed by atoms with Crippen molar-refractivity contribution in [2.75, 3.05) is 18.0 Å². The van der Waals surface area contributed by atoms with Gasteiger partial charge in [0.15, 0.2) is 0 Å². The first-order valence-corrected chi connectivity index (χ1v) is 7.06. The van der Waals surface area contributed by atoms with Crippen molar-refractivity contribution in [3.05, 3.63) is 24.0 Å². The molecule has 1 aromatic rings. The van der Waals surface area contributed by atoms with Gasteiger partial charge in [0.05, 0.1) is 11.9 Å². The maximum absolute atomic E-state index is 4.41. The second-order valence-electron chi connectivity index (χ2n) is 5.40. The van der Waals surface area contributed by atoms with E-state index in [1.807, 2.05) is 13.1 Å². The fourth-order valence-electron chi connectivity index (χ4n) is 2.91. The highest BCUT2D eigenvalue weighted by atomic mass is 15.2. The second kappa shape index (κ2) is 5.70. The Kier molecular flexibility index (Phi) is 4.23. The fraction of sp³-hybridized carbons (Fsp3) is 0.667. The van der Waals surface area contributed by atoms with Crippen molar-refractivity contribution >= 4 is 5.69 Å². The van der Waals surface area contributed by atoms with Crippen LogP contribution in [0.1, 0.15) is 32.9 Å². The highest BCUT2D eigenvalue weighted by molar-refractivity contribution is 5.46. The lowest BCUT2D eigenvalue weighted by Crippen LogP contribution is -2.53. The van der Waals surface area contributed by atoms with E-state index in [0.29, 0.717) is 18.0 Å². The molecule has 0 aromatic carbocycles. The number of rotatable bonds is 3. The third-order valence-electron chi connectivity index (χ3n) is 4.26. The number of hydrogen-bond donors (Lipinski definition) is 1. The SMILES string of the molecule is CCNC1CCN(c2ccc(C)nc2)C(C)C1C. The third-order valence-corrected chi connectivity index (χ3v) is 4.26. The summed E-state index contributed by atoms with van der Waals surface area (Å²) in [6, 6.07) is 5.51. The molecule has 18 heavy (non-hydrogen) atoms. The van der Waals surface area contributed by atoms with Crippen LogP contribution in [0.5, 0.6) is 0 Å². The number of hydrogen-bond acceptors (Lipinski definition) is 3. The molecule has 1 aromatic heterocycles. The van der Waals surface area contributed by atoms with Crippen LogP contribution in [-0.4, -0.2) is 30.2 Å². The van der Waals surface area contributed by atoms with E-state index < -0.39 is 0 Å². The Morgan fingerprint density at radius 2 is 2.17 bits per heavy atom. The van der Waals surface area contributed by atoms with Crippen LogP contribution in [0.15, 0.2) is 18.3 Å². The van der Waals surface area contributed by atoms with Gasteiger partial charge in [-0.15, -0.1) is 0 Å². The summed E-state index contributed by atoms with van der Waals surface area (Å²) in [5.41, 5.74) is 2.34. The van der Waals surface area contributed by atoms with Crippen LogP contribution in [0, 0.1) is 12.8 Å². The van der Waals surface area contributed by atoms with Gasteiger partial charge < -0.3 is 10.2 Å².